The summed E-state index contributed by atoms with van der Waals surface area (Å²) < 4.78 is 0. The molecule has 0 aliphatic carbocycles. The summed E-state index contributed by atoms with van der Waals surface area (Å²) in [5, 5.41) is 0. The van der Waals surface area contributed by atoms with Gasteiger partial charge in [0.15, 0.2) is 0 Å². The van der Waals surface area contributed by atoms with Crippen molar-refractivity contribution in [3.8, 4) is 0 Å². The maximum absolute atomic E-state index is 2.48. The Kier molecular flexibility index (Phi) is 21.9. The minimum atomic E-state index is 0. The topological polar surface area (TPSA) is 0 Å². The molecule has 1 heteroatoms. The van der Waals surface area contributed by atoms with E-state index in [-0.39, 0.29) is 17.1 Å². The molecular formula is C34H58Fe. The molecule has 2 rings (SSSR count). The molecule has 35 heavy (non-hydrogen) atoms. The van der Waals surface area contributed by atoms with E-state index in [0.29, 0.717) is 0 Å². The Bertz CT molecular complexity index is 604. The molecule has 0 aliphatic rings. The van der Waals surface area contributed by atoms with Gasteiger partial charge in [0.05, 0.1) is 0 Å². The van der Waals surface area contributed by atoms with Crippen LogP contribution in [-0.4, -0.2) is 0 Å². The standard InChI is InChI=1S/2C17H29.Fe/c2*1-4-7-10-15-13-16(11-8-5-2)17(14-15)12-9-6-3;/h2*13-14H,4-12H2,1-3H3;/q2*-1;+2. The van der Waals surface area contributed by atoms with Crippen LogP contribution in [-0.2, 0) is 55.6 Å². The van der Waals surface area contributed by atoms with Crippen molar-refractivity contribution in [3.05, 3.63) is 57.6 Å². The molecule has 0 radical (unpaired) electrons. The van der Waals surface area contributed by atoms with Crippen molar-refractivity contribution in [1.29, 1.82) is 0 Å². The van der Waals surface area contributed by atoms with Crippen LogP contribution in [0.3, 0.4) is 0 Å². The molecule has 2 aromatic rings. The molecule has 0 spiro atoms. The van der Waals surface area contributed by atoms with E-state index < -0.39 is 0 Å². The fraction of sp³-hybridized carbons (Fsp3) is 0.706. The van der Waals surface area contributed by atoms with Gasteiger partial charge in [0.1, 0.15) is 0 Å². The molecular weight excluding hydrogens is 464 g/mol. The van der Waals surface area contributed by atoms with Crippen molar-refractivity contribution < 1.29 is 17.1 Å². The Morgan fingerprint density at radius 2 is 0.714 bits per heavy atom. The maximum atomic E-state index is 2.48. The molecule has 0 atom stereocenters. The normalized spacial score (nSPS) is 10.7. The van der Waals surface area contributed by atoms with Crippen LogP contribution >= 0.6 is 0 Å². The molecule has 202 valence electrons. The van der Waals surface area contributed by atoms with E-state index in [1.54, 1.807) is 33.4 Å². The van der Waals surface area contributed by atoms with E-state index >= 15 is 0 Å². The zero-order valence-corrected chi connectivity index (χ0v) is 25.5. The summed E-state index contributed by atoms with van der Waals surface area (Å²) in [4.78, 5) is 0. The minimum absolute atomic E-state index is 0. The van der Waals surface area contributed by atoms with E-state index in [2.05, 4.69) is 65.8 Å². The fourth-order valence-electron chi connectivity index (χ4n) is 4.80. The van der Waals surface area contributed by atoms with Gasteiger partial charge in [-0.3, -0.25) is 0 Å². The second-order valence-electron chi connectivity index (χ2n) is 10.4. The van der Waals surface area contributed by atoms with Gasteiger partial charge in [-0.15, -0.1) is 0 Å². The summed E-state index contributed by atoms with van der Waals surface area (Å²) in [6.07, 6.45) is 23.6. The van der Waals surface area contributed by atoms with E-state index in [9.17, 15) is 0 Å². The Morgan fingerprint density at radius 1 is 0.429 bits per heavy atom. The van der Waals surface area contributed by atoms with E-state index in [1.807, 2.05) is 0 Å². The molecule has 0 aliphatic heterocycles. The van der Waals surface area contributed by atoms with E-state index in [0.717, 1.165) is 0 Å². The average Bonchev–Trinajstić information content (AvgIpc) is 3.44. The van der Waals surface area contributed by atoms with Gasteiger partial charge < -0.3 is 0 Å². The monoisotopic (exact) mass is 522 g/mol. The predicted molar refractivity (Wildman–Crippen MR) is 156 cm³/mol. The molecule has 2 aromatic carbocycles. The zero-order valence-electron chi connectivity index (χ0n) is 24.4. The molecule has 0 saturated heterocycles. The third-order valence-corrected chi connectivity index (χ3v) is 7.10. The van der Waals surface area contributed by atoms with Crippen molar-refractivity contribution in [1.82, 2.24) is 0 Å². The third kappa shape index (κ3) is 14.5. The smallest absolute Gasteiger partial charge is 0.207 e. The average molecular weight is 523 g/mol. The van der Waals surface area contributed by atoms with Crippen LogP contribution < -0.4 is 0 Å². The second-order valence-corrected chi connectivity index (χ2v) is 10.4. The molecule has 0 fully saturated rings. The van der Waals surface area contributed by atoms with Crippen LogP contribution in [0.2, 0.25) is 0 Å². The summed E-state index contributed by atoms with van der Waals surface area (Å²) in [6, 6.07) is 9.93. The first-order valence-electron chi connectivity index (χ1n) is 15.2. The molecule has 0 heterocycles. The largest absolute Gasteiger partial charge is 2.00 e. The Hall–Kier alpha value is -0.781. The van der Waals surface area contributed by atoms with E-state index in [4.69, 9.17) is 0 Å². The predicted octanol–water partition coefficient (Wildman–Crippen LogP) is 10.9. The number of hydrogen-bond donors (Lipinski definition) is 0. The van der Waals surface area contributed by atoms with Crippen LogP contribution in [0, 0.1) is 0 Å². The van der Waals surface area contributed by atoms with Gasteiger partial charge in [-0.05, 0) is 0 Å². The summed E-state index contributed by atoms with van der Waals surface area (Å²) >= 11 is 0. The number of aryl methyl sites for hydroxylation is 6. The Balaban J connectivity index is 0.000000642. The van der Waals surface area contributed by atoms with Crippen molar-refractivity contribution in [2.24, 2.45) is 0 Å². The minimum Gasteiger partial charge on any atom is -0.207 e. The van der Waals surface area contributed by atoms with Crippen LogP contribution in [0.15, 0.2) is 24.3 Å². The first-order chi connectivity index (χ1) is 16.6. The van der Waals surface area contributed by atoms with Crippen LogP contribution in [0.1, 0.15) is 152 Å². The summed E-state index contributed by atoms with van der Waals surface area (Å²) in [5.74, 6) is 0. The summed E-state index contributed by atoms with van der Waals surface area (Å²) in [6.45, 7) is 13.7. The molecule has 0 amide bonds. The quantitative estimate of drug-likeness (QED) is 0.135. The fourth-order valence-corrected chi connectivity index (χ4v) is 4.80. The Labute approximate surface area is 231 Å². The van der Waals surface area contributed by atoms with Crippen molar-refractivity contribution in [3.63, 3.8) is 0 Å². The first kappa shape index (κ1) is 34.2. The van der Waals surface area contributed by atoms with Gasteiger partial charge in [0, 0.05) is 0 Å². The summed E-state index contributed by atoms with van der Waals surface area (Å²) in [5.41, 5.74) is 9.75. The molecule has 0 aromatic heterocycles. The molecule has 0 nitrogen and oxygen atoms in total. The Morgan fingerprint density at radius 3 is 1.03 bits per heavy atom. The number of hydrogen-bond acceptors (Lipinski definition) is 0. The first-order valence-corrected chi connectivity index (χ1v) is 15.2. The molecule has 0 unspecified atom stereocenters. The van der Waals surface area contributed by atoms with Gasteiger partial charge in [-0.2, -0.15) is 45.5 Å². The third-order valence-electron chi connectivity index (χ3n) is 7.10. The van der Waals surface area contributed by atoms with E-state index in [1.165, 1.54) is 116 Å². The van der Waals surface area contributed by atoms with Crippen molar-refractivity contribution >= 4 is 0 Å². The van der Waals surface area contributed by atoms with Gasteiger partial charge >= 0.3 is 17.1 Å². The number of unbranched alkanes of at least 4 members (excludes halogenated alkanes) is 6. The van der Waals surface area contributed by atoms with Crippen LogP contribution in [0.25, 0.3) is 0 Å². The van der Waals surface area contributed by atoms with Crippen molar-refractivity contribution in [2.75, 3.05) is 0 Å². The maximum Gasteiger partial charge on any atom is 2.00 e. The van der Waals surface area contributed by atoms with Crippen molar-refractivity contribution in [2.45, 2.75) is 157 Å². The van der Waals surface area contributed by atoms with Gasteiger partial charge in [0.25, 0.3) is 0 Å². The SMILES string of the molecule is CCCCc1cc(CCCC)c(CCCC)[cH-]1.CCCCc1cc(CCCC)c(CCCC)[cH-]1.[Fe+2]. The molecule has 0 saturated carbocycles. The van der Waals surface area contributed by atoms with Gasteiger partial charge in [-0.1, -0.05) is 157 Å². The van der Waals surface area contributed by atoms with Gasteiger partial charge in [0.2, 0.25) is 0 Å². The number of rotatable bonds is 18. The zero-order chi connectivity index (χ0) is 25.0. The van der Waals surface area contributed by atoms with Crippen LogP contribution in [0.5, 0.6) is 0 Å². The molecule has 0 bridgehead atoms. The summed E-state index contributed by atoms with van der Waals surface area (Å²) in [7, 11) is 0. The molecule has 0 N–H and O–H groups in total. The van der Waals surface area contributed by atoms with Gasteiger partial charge in [-0.25, -0.2) is 12.1 Å². The second kappa shape index (κ2) is 22.4. The van der Waals surface area contributed by atoms with Crippen LogP contribution in [0.4, 0.5) is 0 Å².